The van der Waals surface area contributed by atoms with Crippen LogP contribution in [0.4, 0.5) is 0 Å². The van der Waals surface area contributed by atoms with Gasteiger partial charge in [-0.05, 0) is 19.4 Å². The minimum Gasteiger partial charge on any atom is -0.502 e. The van der Waals surface area contributed by atoms with Gasteiger partial charge in [0.2, 0.25) is 5.43 Å². The van der Waals surface area contributed by atoms with E-state index in [1.807, 2.05) is 0 Å². The van der Waals surface area contributed by atoms with Crippen molar-refractivity contribution in [3.05, 3.63) is 28.3 Å². The van der Waals surface area contributed by atoms with E-state index in [1.165, 1.54) is 6.07 Å². The van der Waals surface area contributed by atoms with Gasteiger partial charge in [-0.2, -0.15) is 0 Å². The Labute approximate surface area is 106 Å². The summed E-state index contributed by atoms with van der Waals surface area (Å²) in [6.45, 7) is 4.48. The van der Waals surface area contributed by atoms with E-state index in [2.05, 4.69) is 11.8 Å². The summed E-state index contributed by atoms with van der Waals surface area (Å²) in [6.07, 6.45) is 3.12. The van der Waals surface area contributed by atoms with Crippen LogP contribution in [-0.4, -0.2) is 34.8 Å². The highest BCUT2D eigenvalue weighted by molar-refractivity contribution is 5.15. The van der Waals surface area contributed by atoms with Crippen LogP contribution in [0.2, 0.25) is 0 Å². The molecule has 0 radical (unpaired) electrons. The van der Waals surface area contributed by atoms with Crippen molar-refractivity contribution in [2.24, 2.45) is 5.41 Å². The molecule has 0 saturated carbocycles. The molecular weight excluding hydrogens is 234 g/mol. The Balaban J connectivity index is 2.05. The average molecular weight is 253 g/mol. The second-order valence-electron chi connectivity index (χ2n) is 5.38. The van der Waals surface area contributed by atoms with Crippen molar-refractivity contribution in [1.29, 1.82) is 0 Å². The van der Waals surface area contributed by atoms with Crippen LogP contribution < -0.4 is 5.43 Å². The fraction of sp³-hybridized carbons (Fsp3) is 0.615. The number of aromatic hydroxyl groups is 1. The fourth-order valence-electron chi connectivity index (χ4n) is 2.44. The van der Waals surface area contributed by atoms with Gasteiger partial charge in [0, 0.05) is 24.6 Å². The largest absolute Gasteiger partial charge is 0.502 e. The highest BCUT2D eigenvalue weighted by atomic mass is 16.4. The summed E-state index contributed by atoms with van der Waals surface area (Å²) in [5, 5.41) is 18.5. The van der Waals surface area contributed by atoms with Crippen LogP contribution in [0.5, 0.6) is 5.75 Å². The first kappa shape index (κ1) is 13.1. The van der Waals surface area contributed by atoms with Gasteiger partial charge in [0.25, 0.3) is 0 Å². The zero-order chi connectivity index (χ0) is 13.2. The Bertz CT molecular complexity index is 470. The van der Waals surface area contributed by atoms with E-state index in [1.54, 1.807) is 0 Å². The second-order valence-corrected chi connectivity index (χ2v) is 5.38. The Morgan fingerprint density at radius 1 is 1.56 bits per heavy atom. The minimum absolute atomic E-state index is 0.0739. The molecule has 0 aromatic carbocycles. The minimum atomic E-state index is -0.418. The van der Waals surface area contributed by atoms with Gasteiger partial charge >= 0.3 is 0 Å². The zero-order valence-corrected chi connectivity index (χ0v) is 10.6. The molecule has 1 fully saturated rings. The quantitative estimate of drug-likeness (QED) is 0.838. The maximum atomic E-state index is 11.3. The van der Waals surface area contributed by atoms with Crippen molar-refractivity contribution in [2.75, 3.05) is 19.7 Å². The van der Waals surface area contributed by atoms with Crippen molar-refractivity contribution >= 4 is 0 Å². The SMILES string of the molecule is CC1(CO)CCCN(Cc2cc(=O)c(O)co2)C1. The van der Waals surface area contributed by atoms with Gasteiger partial charge in [-0.15, -0.1) is 0 Å². The highest BCUT2D eigenvalue weighted by Gasteiger charge is 2.30. The lowest BCUT2D eigenvalue weighted by Gasteiger charge is -2.39. The number of nitrogens with zero attached hydrogens (tertiary/aromatic N) is 1. The molecule has 1 unspecified atom stereocenters. The van der Waals surface area contributed by atoms with Crippen LogP contribution in [-0.2, 0) is 6.54 Å². The summed E-state index contributed by atoms with van der Waals surface area (Å²) in [7, 11) is 0. The lowest BCUT2D eigenvalue weighted by Crippen LogP contribution is -2.43. The van der Waals surface area contributed by atoms with Gasteiger partial charge in [0.05, 0.1) is 6.54 Å². The average Bonchev–Trinajstić information content (AvgIpc) is 2.34. The Morgan fingerprint density at radius 2 is 2.33 bits per heavy atom. The third kappa shape index (κ3) is 2.91. The summed E-state index contributed by atoms with van der Waals surface area (Å²) in [4.78, 5) is 13.5. The normalized spacial score (nSPS) is 25.2. The fourth-order valence-corrected chi connectivity index (χ4v) is 2.44. The summed E-state index contributed by atoms with van der Waals surface area (Å²) >= 11 is 0. The first-order chi connectivity index (χ1) is 8.52. The first-order valence-electron chi connectivity index (χ1n) is 6.16. The van der Waals surface area contributed by atoms with Crippen molar-refractivity contribution < 1.29 is 14.6 Å². The van der Waals surface area contributed by atoms with E-state index in [-0.39, 0.29) is 17.8 Å². The van der Waals surface area contributed by atoms with Crippen molar-refractivity contribution in [1.82, 2.24) is 4.90 Å². The number of aliphatic hydroxyl groups excluding tert-OH is 1. The molecule has 1 aliphatic rings. The zero-order valence-electron chi connectivity index (χ0n) is 10.6. The van der Waals surface area contributed by atoms with E-state index in [0.29, 0.717) is 12.3 Å². The van der Waals surface area contributed by atoms with Gasteiger partial charge in [0.15, 0.2) is 5.75 Å². The van der Waals surface area contributed by atoms with Crippen LogP contribution in [0, 0.1) is 5.41 Å². The first-order valence-corrected chi connectivity index (χ1v) is 6.16. The van der Waals surface area contributed by atoms with Crippen molar-refractivity contribution in [2.45, 2.75) is 26.3 Å². The number of rotatable bonds is 3. The molecule has 0 bridgehead atoms. The summed E-state index contributed by atoms with van der Waals surface area (Å²) < 4.78 is 5.19. The molecule has 2 N–H and O–H groups in total. The Kier molecular flexibility index (Phi) is 3.73. The van der Waals surface area contributed by atoms with Crippen LogP contribution >= 0.6 is 0 Å². The molecule has 1 aromatic heterocycles. The Morgan fingerprint density at radius 3 is 3.00 bits per heavy atom. The van der Waals surface area contributed by atoms with Gasteiger partial charge in [-0.1, -0.05) is 6.92 Å². The van der Waals surface area contributed by atoms with E-state index in [9.17, 15) is 9.90 Å². The van der Waals surface area contributed by atoms with Crippen molar-refractivity contribution in [3.8, 4) is 5.75 Å². The molecular formula is C13H19NO4. The van der Waals surface area contributed by atoms with E-state index in [0.717, 1.165) is 32.2 Å². The number of piperidine rings is 1. The van der Waals surface area contributed by atoms with Gasteiger partial charge in [-0.3, -0.25) is 9.69 Å². The Hall–Kier alpha value is -1.33. The molecule has 5 nitrogen and oxygen atoms in total. The maximum Gasteiger partial charge on any atom is 0.226 e. The molecule has 1 atom stereocenters. The van der Waals surface area contributed by atoms with Crippen LogP contribution in [0.3, 0.4) is 0 Å². The van der Waals surface area contributed by atoms with Crippen LogP contribution in [0.25, 0.3) is 0 Å². The van der Waals surface area contributed by atoms with E-state index in [4.69, 9.17) is 9.52 Å². The van der Waals surface area contributed by atoms with Crippen LogP contribution in [0.1, 0.15) is 25.5 Å². The summed E-state index contributed by atoms with van der Waals surface area (Å²) in [5.41, 5.74) is -0.492. The van der Waals surface area contributed by atoms with Crippen LogP contribution in [0.15, 0.2) is 21.5 Å². The predicted octanol–water partition coefficient (Wildman–Crippen LogP) is 0.940. The summed E-state index contributed by atoms with van der Waals surface area (Å²) in [5.74, 6) is 0.178. The lowest BCUT2D eigenvalue weighted by molar-refractivity contribution is 0.0396. The number of aliphatic hydroxyl groups is 1. The molecule has 0 amide bonds. The third-order valence-electron chi connectivity index (χ3n) is 3.49. The lowest BCUT2D eigenvalue weighted by atomic mass is 9.83. The molecule has 2 heterocycles. The molecule has 100 valence electrons. The monoisotopic (exact) mass is 253 g/mol. The van der Waals surface area contributed by atoms with Gasteiger partial charge < -0.3 is 14.6 Å². The molecule has 1 aliphatic heterocycles. The van der Waals surface area contributed by atoms with Gasteiger partial charge in [-0.25, -0.2) is 0 Å². The second kappa shape index (κ2) is 5.12. The maximum absolute atomic E-state index is 11.3. The van der Waals surface area contributed by atoms with Crippen molar-refractivity contribution in [3.63, 3.8) is 0 Å². The third-order valence-corrected chi connectivity index (χ3v) is 3.49. The van der Waals surface area contributed by atoms with E-state index < -0.39 is 5.43 Å². The number of likely N-dealkylation sites (tertiary alicyclic amines) is 1. The molecule has 0 spiro atoms. The number of hydrogen-bond acceptors (Lipinski definition) is 5. The topological polar surface area (TPSA) is 73.9 Å². The molecule has 1 saturated heterocycles. The molecule has 18 heavy (non-hydrogen) atoms. The smallest absolute Gasteiger partial charge is 0.226 e. The molecule has 5 heteroatoms. The van der Waals surface area contributed by atoms with Gasteiger partial charge in [0.1, 0.15) is 12.0 Å². The predicted molar refractivity (Wildman–Crippen MR) is 66.3 cm³/mol. The standard InChI is InChI=1S/C13H19NO4/c1-13(9-15)3-2-4-14(8-13)6-10-5-11(16)12(17)7-18-10/h5,7,15,17H,2-4,6,8-9H2,1H3. The number of hydrogen-bond donors (Lipinski definition) is 2. The highest BCUT2D eigenvalue weighted by Crippen LogP contribution is 2.29. The molecule has 0 aliphatic carbocycles. The van der Waals surface area contributed by atoms with E-state index >= 15 is 0 Å². The summed E-state index contributed by atoms with van der Waals surface area (Å²) in [6, 6.07) is 1.32. The molecule has 1 aromatic rings. The molecule has 2 rings (SSSR count).